The second kappa shape index (κ2) is 7.38. The average Bonchev–Trinajstić information content (AvgIpc) is 2.92. The van der Waals surface area contributed by atoms with Crippen molar-refractivity contribution >= 4 is 5.97 Å². The Morgan fingerprint density at radius 1 is 1.50 bits per heavy atom. The van der Waals surface area contributed by atoms with E-state index in [1.807, 2.05) is 0 Å². The van der Waals surface area contributed by atoms with Crippen molar-refractivity contribution in [1.82, 2.24) is 15.0 Å². The minimum Gasteiger partial charge on any atom is -0.468 e. The van der Waals surface area contributed by atoms with E-state index in [-0.39, 0.29) is 12.0 Å². The third-order valence-electron chi connectivity index (χ3n) is 3.69. The van der Waals surface area contributed by atoms with Gasteiger partial charge in [-0.1, -0.05) is 24.9 Å². The molecule has 1 aromatic heterocycles. The fourth-order valence-corrected chi connectivity index (χ4v) is 2.55. The lowest BCUT2D eigenvalue weighted by Crippen LogP contribution is -2.44. The number of hydrogen-bond donors (Lipinski definition) is 0. The number of esters is 1. The Labute approximate surface area is 119 Å². The fraction of sp³-hybridized carbons (Fsp3) is 0.786. The van der Waals surface area contributed by atoms with Crippen molar-refractivity contribution in [2.75, 3.05) is 13.7 Å². The lowest BCUT2D eigenvalue weighted by molar-refractivity contribution is -0.148. The first kappa shape index (κ1) is 15.0. The van der Waals surface area contributed by atoms with E-state index < -0.39 is 0 Å². The van der Waals surface area contributed by atoms with Gasteiger partial charge in [-0.15, -0.1) is 0 Å². The van der Waals surface area contributed by atoms with Gasteiger partial charge in [-0.05, 0) is 25.8 Å². The number of piperidine rings is 1. The minimum absolute atomic E-state index is 0.171. The maximum absolute atomic E-state index is 11.8. The molecule has 0 spiro atoms. The van der Waals surface area contributed by atoms with Gasteiger partial charge in [-0.3, -0.25) is 9.69 Å². The molecule has 0 aromatic carbocycles. The van der Waals surface area contributed by atoms with Gasteiger partial charge in [0.2, 0.25) is 5.89 Å². The summed E-state index contributed by atoms with van der Waals surface area (Å²) in [4.78, 5) is 18.2. The van der Waals surface area contributed by atoms with E-state index >= 15 is 0 Å². The Bertz CT molecular complexity index is 433. The topological polar surface area (TPSA) is 68.5 Å². The summed E-state index contributed by atoms with van der Waals surface area (Å²) in [7, 11) is 1.44. The van der Waals surface area contributed by atoms with Crippen LogP contribution < -0.4 is 0 Å². The van der Waals surface area contributed by atoms with Gasteiger partial charge in [0.15, 0.2) is 5.82 Å². The van der Waals surface area contributed by atoms with Crippen LogP contribution in [0.4, 0.5) is 0 Å². The summed E-state index contributed by atoms with van der Waals surface area (Å²) in [5.74, 6) is 1.18. The van der Waals surface area contributed by atoms with Crippen LogP contribution in [0.1, 0.15) is 50.7 Å². The van der Waals surface area contributed by atoms with Crippen LogP contribution in [-0.4, -0.2) is 40.7 Å². The van der Waals surface area contributed by atoms with Crippen molar-refractivity contribution in [2.24, 2.45) is 0 Å². The number of unbranched alkanes of at least 4 members (excludes halogenated alkanes) is 1. The minimum atomic E-state index is -0.181. The van der Waals surface area contributed by atoms with Gasteiger partial charge in [-0.2, -0.15) is 4.98 Å². The molecule has 1 saturated heterocycles. The summed E-state index contributed by atoms with van der Waals surface area (Å²) in [6, 6.07) is -0.181. The van der Waals surface area contributed by atoms with Crippen molar-refractivity contribution in [3.8, 4) is 0 Å². The van der Waals surface area contributed by atoms with Gasteiger partial charge in [0, 0.05) is 6.42 Å². The van der Waals surface area contributed by atoms with Crippen molar-refractivity contribution < 1.29 is 14.1 Å². The van der Waals surface area contributed by atoms with Gasteiger partial charge in [-0.25, -0.2) is 0 Å². The van der Waals surface area contributed by atoms with Crippen LogP contribution in [0, 0.1) is 0 Å². The Morgan fingerprint density at radius 3 is 3.10 bits per heavy atom. The quantitative estimate of drug-likeness (QED) is 0.742. The third-order valence-corrected chi connectivity index (χ3v) is 3.69. The number of aryl methyl sites for hydroxylation is 1. The number of likely N-dealkylation sites (tertiary alicyclic amines) is 1. The molecule has 0 aliphatic carbocycles. The maximum atomic E-state index is 11.8. The summed E-state index contributed by atoms with van der Waals surface area (Å²) in [5, 5.41) is 3.98. The van der Waals surface area contributed by atoms with Crippen LogP contribution >= 0.6 is 0 Å². The smallest absolute Gasteiger partial charge is 0.323 e. The van der Waals surface area contributed by atoms with Gasteiger partial charge in [0.05, 0.1) is 13.7 Å². The highest BCUT2D eigenvalue weighted by atomic mass is 16.5. The van der Waals surface area contributed by atoms with E-state index in [0.717, 1.165) is 50.9 Å². The summed E-state index contributed by atoms with van der Waals surface area (Å²) in [6.07, 6.45) is 6.00. The number of nitrogens with zero attached hydrogens (tertiary/aromatic N) is 3. The van der Waals surface area contributed by atoms with E-state index in [9.17, 15) is 4.79 Å². The van der Waals surface area contributed by atoms with Crippen molar-refractivity contribution in [1.29, 1.82) is 0 Å². The first-order chi connectivity index (χ1) is 9.74. The molecule has 0 radical (unpaired) electrons. The van der Waals surface area contributed by atoms with Gasteiger partial charge >= 0.3 is 5.97 Å². The number of rotatable bonds is 6. The number of aromatic nitrogens is 2. The Morgan fingerprint density at radius 2 is 2.35 bits per heavy atom. The van der Waals surface area contributed by atoms with Crippen LogP contribution in [0.5, 0.6) is 0 Å². The zero-order valence-corrected chi connectivity index (χ0v) is 12.3. The predicted octanol–water partition coefficient (Wildman–Crippen LogP) is 1.94. The molecule has 2 rings (SSSR count). The highest BCUT2D eigenvalue weighted by Crippen LogP contribution is 2.20. The van der Waals surface area contributed by atoms with E-state index in [1.54, 1.807) is 0 Å². The zero-order chi connectivity index (χ0) is 14.4. The highest BCUT2D eigenvalue weighted by Gasteiger charge is 2.30. The zero-order valence-electron chi connectivity index (χ0n) is 12.3. The van der Waals surface area contributed by atoms with Crippen LogP contribution in [0.2, 0.25) is 0 Å². The van der Waals surface area contributed by atoms with E-state index in [2.05, 4.69) is 22.0 Å². The molecule has 1 aliphatic heterocycles. The van der Waals surface area contributed by atoms with Gasteiger partial charge in [0.1, 0.15) is 6.04 Å². The summed E-state index contributed by atoms with van der Waals surface area (Å²) < 4.78 is 10.1. The largest absolute Gasteiger partial charge is 0.468 e. The molecule has 2 heterocycles. The second-order valence-corrected chi connectivity index (χ2v) is 5.21. The molecular weight excluding hydrogens is 258 g/mol. The summed E-state index contributed by atoms with van der Waals surface area (Å²) in [5.41, 5.74) is 0. The van der Waals surface area contributed by atoms with Crippen molar-refractivity contribution in [2.45, 2.75) is 58.0 Å². The van der Waals surface area contributed by atoms with E-state index in [4.69, 9.17) is 9.26 Å². The normalized spacial score (nSPS) is 20.0. The first-order valence-electron chi connectivity index (χ1n) is 7.38. The molecule has 20 heavy (non-hydrogen) atoms. The summed E-state index contributed by atoms with van der Waals surface area (Å²) >= 11 is 0. The Hall–Kier alpha value is -1.43. The van der Waals surface area contributed by atoms with Crippen molar-refractivity contribution in [3.63, 3.8) is 0 Å². The molecule has 112 valence electrons. The molecule has 1 fully saturated rings. The Kier molecular flexibility index (Phi) is 5.52. The average molecular weight is 281 g/mol. The molecule has 0 bridgehead atoms. The number of hydrogen-bond acceptors (Lipinski definition) is 6. The van der Waals surface area contributed by atoms with Crippen LogP contribution in [0.25, 0.3) is 0 Å². The second-order valence-electron chi connectivity index (χ2n) is 5.21. The number of carbonyl (C=O) groups excluding carboxylic acids is 1. The first-order valence-corrected chi connectivity index (χ1v) is 7.38. The van der Waals surface area contributed by atoms with Gasteiger partial charge in [0.25, 0.3) is 0 Å². The van der Waals surface area contributed by atoms with Crippen LogP contribution in [0.15, 0.2) is 4.52 Å². The molecule has 6 nitrogen and oxygen atoms in total. The van der Waals surface area contributed by atoms with E-state index in [1.165, 1.54) is 7.11 Å². The molecule has 0 amide bonds. The number of methoxy groups -OCH3 is 1. The van der Waals surface area contributed by atoms with Gasteiger partial charge < -0.3 is 9.26 Å². The Balaban J connectivity index is 1.96. The highest BCUT2D eigenvalue weighted by molar-refractivity contribution is 5.75. The van der Waals surface area contributed by atoms with E-state index in [0.29, 0.717) is 12.4 Å². The standard InChI is InChI=1S/C14H23N3O3/c1-3-4-8-12-15-13(20-16-12)10-17-9-6-5-7-11(17)14(18)19-2/h11H,3-10H2,1-2H3. The molecule has 1 atom stereocenters. The molecular formula is C14H23N3O3. The molecule has 1 aliphatic rings. The lowest BCUT2D eigenvalue weighted by atomic mass is 10.0. The molecule has 1 aromatic rings. The molecule has 1 unspecified atom stereocenters. The molecule has 0 N–H and O–H groups in total. The monoisotopic (exact) mass is 281 g/mol. The van der Waals surface area contributed by atoms with Crippen molar-refractivity contribution in [3.05, 3.63) is 11.7 Å². The fourth-order valence-electron chi connectivity index (χ4n) is 2.55. The lowest BCUT2D eigenvalue weighted by Gasteiger charge is -2.32. The van der Waals surface area contributed by atoms with Crippen LogP contribution in [0.3, 0.4) is 0 Å². The maximum Gasteiger partial charge on any atom is 0.323 e. The molecule has 6 heteroatoms. The summed E-state index contributed by atoms with van der Waals surface area (Å²) in [6.45, 7) is 3.53. The molecule has 0 saturated carbocycles. The number of carbonyl (C=O) groups is 1. The third kappa shape index (κ3) is 3.79. The number of ether oxygens (including phenoxy) is 1. The van der Waals surface area contributed by atoms with Crippen LogP contribution in [-0.2, 0) is 22.5 Å². The SMILES string of the molecule is CCCCc1noc(CN2CCCCC2C(=O)OC)n1. The predicted molar refractivity (Wildman–Crippen MR) is 73.0 cm³/mol.